The van der Waals surface area contributed by atoms with Gasteiger partial charge in [0.15, 0.2) is 6.29 Å². The summed E-state index contributed by atoms with van der Waals surface area (Å²) in [5.74, 6) is -1.54. The average molecular weight is 786 g/mol. The maximum absolute atomic E-state index is 13.0. The second-order valence-corrected chi connectivity index (χ2v) is 15.3. The number of rotatable bonds is 9. The number of hydrogen-bond acceptors (Lipinski definition) is 9. The standard InChI is InChI=1S/C19H20N2O3S.C16H13NO4S.C2HF3O2/c1-24-19-9-8-18-16(17(19)14-20-11-5-12-20)10-13-21(18)25(22,23)15-6-3-2-4-7-15;1-21-16-8-7-15-13(14(16)11-18)9-10-17(15)22(19,20)12-5-3-2-4-6-12;3-2(4,5)1(6)7/h2-4,6-10,13H,5,11-12,14H2,1H3;2-11H,1H3;(H,6,7). The van der Waals surface area contributed by atoms with Crippen molar-refractivity contribution in [1.29, 1.82) is 0 Å². The highest BCUT2D eigenvalue weighted by atomic mass is 32.2. The molecule has 0 amide bonds. The summed E-state index contributed by atoms with van der Waals surface area (Å²) >= 11 is 0. The highest BCUT2D eigenvalue weighted by Crippen LogP contribution is 2.33. The summed E-state index contributed by atoms with van der Waals surface area (Å²) in [5.41, 5.74) is 2.50. The molecule has 6 aromatic rings. The highest BCUT2D eigenvalue weighted by Gasteiger charge is 2.38. The smallest absolute Gasteiger partial charge is 0.490 e. The molecule has 7 rings (SSSR count). The fraction of sp³-hybridized carbons (Fsp3) is 0.189. The number of fused-ring (bicyclic) bond motifs is 2. The summed E-state index contributed by atoms with van der Waals surface area (Å²) in [4.78, 5) is 23.0. The first kappa shape index (κ1) is 39.6. The Morgan fingerprint density at radius 1 is 0.722 bits per heavy atom. The van der Waals surface area contributed by atoms with E-state index in [1.54, 1.807) is 74.0 Å². The van der Waals surface area contributed by atoms with E-state index >= 15 is 0 Å². The van der Waals surface area contributed by atoms with Gasteiger partial charge in [-0.3, -0.25) is 9.69 Å². The van der Waals surface area contributed by atoms with Gasteiger partial charge >= 0.3 is 12.1 Å². The van der Waals surface area contributed by atoms with Crippen molar-refractivity contribution in [3.8, 4) is 11.5 Å². The van der Waals surface area contributed by atoms with E-state index in [1.165, 1.54) is 39.8 Å². The Balaban J connectivity index is 0.000000178. The molecule has 17 heteroatoms. The van der Waals surface area contributed by atoms with Crippen LogP contribution in [0.1, 0.15) is 22.3 Å². The number of nitrogens with zero attached hydrogens (tertiary/aromatic N) is 3. The molecule has 2 aromatic heterocycles. The van der Waals surface area contributed by atoms with Gasteiger partial charge in [-0.15, -0.1) is 0 Å². The molecular formula is C37H34F3N3O9S2. The molecule has 3 heterocycles. The Kier molecular flexibility index (Phi) is 11.8. The summed E-state index contributed by atoms with van der Waals surface area (Å²) < 4.78 is 96.3. The van der Waals surface area contributed by atoms with E-state index in [4.69, 9.17) is 19.4 Å². The zero-order valence-electron chi connectivity index (χ0n) is 28.8. The molecule has 1 aliphatic rings. The molecule has 0 unspecified atom stereocenters. The van der Waals surface area contributed by atoms with Crippen LogP contribution in [0, 0.1) is 0 Å². The number of methoxy groups -OCH3 is 2. The van der Waals surface area contributed by atoms with Crippen molar-refractivity contribution in [1.82, 2.24) is 12.8 Å². The van der Waals surface area contributed by atoms with Gasteiger partial charge in [0.1, 0.15) is 11.5 Å². The van der Waals surface area contributed by atoms with Crippen LogP contribution in [0.15, 0.2) is 119 Å². The van der Waals surface area contributed by atoms with Gasteiger partial charge in [0.2, 0.25) is 0 Å². The molecule has 1 saturated heterocycles. The van der Waals surface area contributed by atoms with Crippen molar-refractivity contribution in [3.63, 3.8) is 0 Å². The van der Waals surface area contributed by atoms with Crippen LogP contribution in [-0.2, 0) is 31.4 Å². The third-order valence-electron chi connectivity index (χ3n) is 8.47. The Labute approximate surface area is 308 Å². The number of hydrogen-bond donors (Lipinski definition) is 1. The number of halogens is 3. The number of aromatic nitrogens is 2. The predicted octanol–water partition coefficient (Wildman–Crippen LogP) is 6.43. The number of alkyl halides is 3. The molecule has 0 spiro atoms. The lowest BCUT2D eigenvalue weighted by Gasteiger charge is -2.31. The third kappa shape index (κ3) is 8.12. The number of aliphatic carboxylic acids is 1. The molecule has 1 fully saturated rings. The molecule has 54 heavy (non-hydrogen) atoms. The lowest BCUT2D eigenvalue weighted by atomic mass is 10.1. The summed E-state index contributed by atoms with van der Waals surface area (Å²) in [6.45, 7) is 2.92. The topological polar surface area (TPSA) is 154 Å². The van der Waals surface area contributed by atoms with Crippen molar-refractivity contribution in [2.45, 2.75) is 28.9 Å². The van der Waals surface area contributed by atoms with E-state index in [-0.39, 0.29) is 9.79 Å². The fourth-order valence-corrected chi connectivity index (χ4v) is 8.41. The summed E-state index contributed by atoms with van der Waals surface area (Å²) in [7, 11) is -4.21. The quantitative estimate of drug-likeness (QED) is 0.162. The minimum atomic E-state index is -5.08. The predicted molar refractivity (Wildman–Crippen MR) is 194 cm³/mol. The van der Waals surface area contributed by atoms with Gasteiger partial charge in [-0.1, -0.05) is 36.4 Å². The molecule has 0 aliphatic carbocycles. The van der Waals surface area contributed by atoms with Crippen LogP contribution in [0.4, 0.5) is 13.2 Å². The normalized spacial score (nSPS) is 13.2. The van der Waals surface area contributed by atoms with Crippen LogP contribution in [0.3, 0.4) is 0 Å². The molecule has 0 radical (unpaired) electrons. The van der Waals surface area contributed by atoms with Crippen molar-refractivity contribution in [2.24, 2.45) is 0 Å². The molecule has 0 bridgehead atoms. The molecule has 1 N–H and O–H groups in total. The average Bonchev–Trinajstić information content (AvgIpc) is 3.79. The first-order valence-corrected chi connectivity index (χ1v) is 19.0. The largest absolute Gasteiger partial charge is 0.496 e. The number of carboxylic acids is 1. The first-order chi connectivity index (χ1) is 25.6. The summed E-state index contributed by atoms with van der Waals surface area (Å²) in [6, 6.07) is 27.0. The van der Waals surface area contributed by atoms with Gasteiger partial charge in [0.25, 0.3) is 20.0 Å². The van der Waals surface area contributed by atoms with E-state index in [2.05, 4.69) is 4.90 Å². The van der Waals surface area contributed by atoms with Crippen molar-refractivity contribution < 1.29 is 54.2 Å². The molecule has 12 nitrogen and oxygen atoms in total. The number of likely N-dealkylation sites (tertiary alicyclic amines) is 1. The maximum Gasteiger partial charge on any atom is 0.490 e. The second-order valence-electron chi connectivity index (χ2n) is 11.7. The molecule has 4 aromatic carbocycles. The minimum Gasteiger partial charge on any atom is -0.496 e. The number of benzene rings is 4. The number of carbonyl (C=O) groups is 2. The summed E-state index contributed by atoms with van der Waals surface area (Å²) in [5, 5.41) is 8.58. The number of carbonyl (C=O) groups excluding carboxylic acids is 1. The molecule has 0 atom stereocenters. The van der Waals surface area contributed by atoms with Gasteiger partial charge in [-0.2, -0.15) is 13.2 Å². The molecule has 284 valence electrons. The number of carboxylic acid groups (broad SMARTS) is 1. The highest BCUT2D eigenvalue weighted by molar-refractivity contribution is 7.90. The van der Waals surface area contributed by atoms with E-state index < -0.39 is 32.2 Å². The van der Waals surface area contributed by atoms with E-state index in [0.717, 1.165) is 36.3 Å². The van der Waals surface area contributed by atoms with Crippen LogP contribution >= 0.6 is 0 Å². The monoisotopic (exact) mass is 785 g/mol. The molecule has 1 aliphatic heterocycles. The molecular weight excluding hydrogens is 752 g/mol. The summed E-state index contributed by atoms with van der Waals surface area (Å²) in [6.07, 6.45) is -0.131. The van der Waals surface area contributed by atoms with Crippen LogP contribution in [0.2, 0.25) is 0 Å². The van der Waals surface area contributed by atoms with Gasteiger partial charge in [-0.25, -0.2) is 29.6 Å². The number of aldehydes is 1. The van der Waals surface area contributed by atoms with E-state index in [9.17, 15) is 34.8 Å². The zero-order valence-corrected chi connectivity index (χ0v) is 30.4. The van der Waals surface area contributed by atoms with Crippen LogP contribution < -0.4 is 9.47 Å². The van der Waals surface area contributed by atoms with Crippen LogP contribution in [0.5, 0.6) is 11.5 Å². The van der Waals surface area contributed by atoms with Gasteiger partial charge in [-0.05, 0) is 80.2 Å². The Morgan fingerprint density at radius 3 is 1.57 bits per heavy atom. The lowest BCUT2D eigenvalue weighted by Crippen LogP contribution is -2.36. The van der Waals surface area contributed by atoms with Crippen LogP contribution in [0.25, 0.3) is 21.8 Å². The Bertz CT molecular complexity index is 2500. The van der Waals surface area contributed by atoms with Crippen LogP contribution in [-0.4, -0.2) is 80.5 Å². The van der Waals surface area contributed by atoms with E-state index in [0.29, 0.717) is 34.0 Å². The van der Waals surface area contributed by atoms with Crippen molar-refractivity contribution in [3.05, 3.63) is 121 Å². The number of ether oxygens (including phenoxy) is 2. The first-order valence-electron chi connectivity index (χ1n) is 16.1. The fourth-order valence-electron chi connectivity index (χ4n) is 5.68. The molecule has 0 saturated carbocycles. The van der Waals surface area contributed by atoms with Crippen molar-refractivity contribution >= 4 is 54.1 Å². The van der Waals surface area contributed by atoms with Crippen molar-refractivity contribution in [2.75, 3.05) is 27.3 Å². The Morgan fingerprint density at radius 2 is 1.17 bits per heavy atom. The van der Waals surface area contributed by atoms with E-state index in [1.807, 2.05) is 24.3 Å². The third-order valence-corrected chi connectivity index (χ3v) is 11.9. The minimum absolute atomic E-state index is 0.191. The lowest BCUT2D eigenvalue weighted by molar-refractivity contribution is -0.192. The van der Waals surface area contributed by atoms with Gasteiger partial charge < -0.3 is 14.6 Å². The van der Waals surface area contributed by atoms with Gasteiger partial charge in [0, 0.05) is 35.3 Å². The Hall–Kier alpha value is -5.65. The SMILES string of the molecule is COc1ccc2c(ccn2S(=O)(=O)c2ccccc2)c1C=O.COc1ccc2c(ccn2S(=O)(=O)c2ccccc2)c1CN1CCC1.O=C(O)C(F)(F)F. The van der Waals surface area contributed by atoms with Gasteiger partial charge in [0.05, 0.1) is 40.6 Å². The zero-order chi connectivity index (χ0) is 39.3. The second kappa shape index (κ2) is 16.2. The maximum atomic E-state index is 13.0.